The third-order valence-electron chi connectivity index (χ3n) is 5.59. The van der Waals surface area contributed by atoms with E-state index in [9.17, 15) is 19.7 Å². The minimum absolute atomic E-state index is 0.0225. The molecular weight excluding hydrogens is 400 g/mol. The zero-order chi connectivity index (χ0) is 21.0. The molecule has 1 aromatic rings. The number of carbonyl (C=O) groups excluding carboxylic acids is 2. The number of likely N-dealkylation sites (tertiary alicyclic amines) is 1. The third-order valence-corrected chi connectivity index (χ3v) is 5.82. The van der Waals surface area contributed by atoms with Gasteiger partial charge >= 0.3 is 5.97 Å². The van der Waals surface area contributed by atoms with Gasteiger partial charge in [-0.1, -0.05) is 11.6 Å². The molecule has 2 fully saturated rings. The van der Waals surface area contributed by atoms with E-state index in [0.29, 0.717) is 69.4 Å². The van der Waals surface area contributed by atoms with Gasteiger partial charge in [0, 0.05) is 37.3 Å². The highest BCUT2D eigenvalue weighted by atomic mass is 35.5. The molecule has 1 aromatic carbocycles. The van der Waals surface area contributed by atoms with Crippen LogP contribution >= 0.6 is 11.6 Å². The summed E-state index contributed by atoms with van der Waals surface area (Å²) in [4.78, 5) is 40.9. The van der Waals surface area contributed by atoms with Crippen LogP contribution in [0.4, 0.5) is 11.4 Å². The summed E-state index contributed by atoms with van der Waals surface area (Å²) in [6, 6.07) is 4.65. The molecule has 2 aliphatic heterocycles. The van der Waals surface area contributed by atoms with Crippen LogP contribution in [0, 0.1) is 16.0 Å². The van der Waals surface area contributed by atoms with Gasteiger partial charge in [0.15, 0.2) is 0 Å². The summed E-state index contributed by atoms with van der Waals surface area (Å²) in [6.07, 6.45) is 1.40. The molecule has 10 heteroatoms. The van der Waals surface area contributed by atoms with Crippen molar-refractivity contribution in [1.29, 1.82) is 0 Å². The number of amides is 1. The fraction of sp³-hybridized carbons (Fsp3) is 0.579. The molecule has 158 valence electrons. The number of anilines is 1. The Morgan fingerprint density at radius 2 is 1.83 bits per heavy atom. The van der Waals surface area contributed by atoms with Crippen LogP contribution in [0.15, 0.2) is 18.2 Å². The molecule has 2 aliphatic rings. The summed E-state index contributed by atoms with van der Waals surface area (Å²) >= 11 is 5.89. The molecule has 0 spiro atoms. The third kappa shape index (κ3) is 5.16. The summed E-state index contributed by atoms with van der Waals surface area (Å²) in [5.74, 6) is -0.208. The fourth-order valence-corrected chi connectivity index (χ4v) is 4.06. The number of hydrogen-bond acceptors (Lipinski definition) is 7. The maximum Gasteiger partial charge on any atom is 0.308 e. The lowest BCUT2D eigenvalue weighted by atomic mass is 9.97. The van der Waals surface area contributed by atoms with Crippen LogP contribution in [-0.4, -0.2) is 79.5 Å². The van der Waals surface area contributed by atoms with Crippen LogP contribution in [0.3, 0.4) is 0 Å². The first-order valence-electron chi connectivity index (χ1n) is 9.66. The molecular formula is C19H25ClN4O5. The van der Waals surface area contributed by atoms with Crippen molar-refractivity contribution in [3.63, 3.8) is 0 Å². The van der Waals surface area contributed by atoms with E-state index in [1.807, 2.05) is 4.90 Å². The molecule has 0 saturated carbocycles. The number of nitro benzene ring substituents is 1. The molecule has 0 atom stereocenters. The van der Waals surface area contributed by atoms with E-state index in [2.05, 4.69) is 4.90 Å². The number of halogens is 1. The Balaban J connectivity index is 1.50. The van der Waals surface area contributed by atoms with Gasteiger partial charge in [0.25, 0.3) is 5.69 Å². The first-order valence-corrected chi connectivity index (χ1v) is 10.0. The Morgan fingerprint density at radius 1 is 1.17 bits per heavy atom. The van der Waals surface area contributed by atoms with Gasteiger partial charge in [-0.15, -0.1) is 0 Å². The number of hydrogen-bond donors (Lipinski definition) is 0. The van der Waals surface area contributed by atoms with E-state index < -0.39 is 4.92 Å². The standard InChI is InChI=1S/C19H25ClN4O5/c1-29-19(26)14-4-6-21(7-5-14)13-18(25)23-10-8-22(9-11-23)16-3-2-15(20)12-17(16)24(27)28/h2-3,12,14H,4-11,13H2,1H3. The molecule has 1 amide bonds. The van der Waals surface area contributed by atoms with Crippen LogP contribution in [-0.2, 0) is 14.3 Å². The first kappa shape index (κ1) is 21.3. The van der Waals surface area contributed by atoms with Crippen molar-refractivity contribution in [2.24, 2.45) is 5.92 Å². The van der Waals surface area contributed by atoms with Crippen molar-refractivity contribution in [3.05, 3.63) is 33.3 Å². The Bertz CT molecular complexity index is 774. The summed E-state index contributed by atoms with van der Waals surface area (Å²) in [6.45, 7) is 3.80. The van der Waals surface area contributed by atoms with Gasteiger partial charge in [-0.2, -0.15) is 0 Å². The Morgan fingerprint density at radius 3 is 2.41 bits per heavy atom. The van der Waals surface area contributed by atoms with Gasteiger partial charge in [0.1, 0.15) is 5.69 Å². The minimum Gasteiger partial charge on any atom is -0.469 e. The second-order valence-corrected chi connectivity index (χ2v) is 7.77. The average Bonchev–Trinajstić information content (AvgIpc) is 2.73. The predicted molar refractivity (Wildman–Crippen MR) is 108 cm³/mol. The van der Waals surface area contributed by atoms with Crippen molar-refractivity contribution >= 4 is 34.9 Å². The number of nitro groups is 1. The van der Waals surface area contributed by atoms with E-state index in [4.69, 9.17) is 16.3 Å². The maximum absolute atomic E-state index is 12.6. The van der Waals surface area contributed by atoms with Crippen LogP contribution in [0.2, 0.25) is 5.02 Å². The summed E-state index contributed by atoms with van der Waals surface area (Å²) in [5.41, 5.74) is 0.502. The average molecular weight is 425 g/mol. The van der Waals surface area contributed by atoms with Crippen molar-refractivity contribution in [1.82, 2.24) is 9.80 Å². The quantitative estimate of drug-likeness (QED) is 0.404. The Labute approximate surface area is 174 Å². The van der Waals surface area contributed by atoms with Gasteiger partial charge in [-0.3, -0.25) is 24.6 Å². The molecule has 0 unspecified atom stereocenters. The highest BCUT2D eigenvalue weighted by Gasteiger charge is 2.29. The SMILES string of the molecule is COC(=O)C1CCN(CC(=O)N2CCN(c3ccc(Cl)cc3[N+](=O)[O-])CC2)CC1. The normalized spacial score (nSPS) is 18.6. The second-order valence-electron chi connectivity index (χ2n) is 7.33. The van der Waals surface area contributed by atoms with Gasteiger partial charge in [0.2, 0.25) is 5.91 Å². The number of nitrogens with zero attached hydrogens (tertiary/aromatic N) is 4. The van der Waals surface area contributed by atoms with E-state index in [0.717, 1.165) is 0 Å². The maximum atomic E-state index is 12.6. The van der Waals surface area contributed by atoms with Crippen molar-refractivity contribution < 1.29 is 19.2 Å². The van der Waals surface area contributed by atoms with Gasteiger partial charge < -0.3 is 14.5 Å². The lowest BCUT2D eigenvalue weighted by Crippen LogP contribution is -2.52. The van der Waals surface area contributed by atoms with Gasteiger partial charge in [0.05, 0.1) is 24.5 Å². The molecule has 29 heavy (non-hydrogen) atoms. The van der Waals surface area contributed by atoms with Crippen LogP contribution in [0.25, 0.3) is 0 Å². The summed E-state index contributed by atoms with van der Waals surface area (Å²) in [5, 5.41) is 11.6. The molecule has 0 radical (unpaired) electrons. The van der Waals surface area contributed by atoms with E-state index >= 15 is 0 Å². The van der Waals surface area contributed by atoms with E-state index in [1.54, 1.807) is 17.0 Å². The molecule has 9 nitrogen and oxygen atoms in total. The zero-order valence-corrected chi connectivity index (χ0v) is 17.1. The van der Waals surface area contributed by atoms with Gasteiger partial charge in [-0.25, -0.2) is 0 Å². The number of methoxy groups -OCH3 is 1. The molecule has 2 saturated heterocycles. The molecule has 0 bridgehead atoms. The lowest BCUT2D eigenvalue weighted by molar-refractivity contribution is -0.384. The van der Waals surface area contributed by atoms with E-state index in [1.165, 1.54) is 13.2 Å². The topological polar surface area (TPSA) is 96.2 Å². The molecule has 0 aromatic heterocycles. The van der Waals surface area contributed by atoms with Crippen molar-refractivity contribution in [3.8, 4) is 0 Å². The van der Waals surface area contributed by atoms with E-state index in [-0.39, 0.29) is 23.5 Å². The number of piperidine rings is 1. The van der Waals surface area contributed by atoms with Crippen LogP contribution in [0.5, 0.6) is 0 Å². The van der Waals surface area contributed by atoms with Crippen LogP contribution in [0.1, 0.15) is 12.8 Å². The fourth-order valence-electron chi connectivity index (χ4n) is 3.89. The highest BCUT2D eigenvalue weighted by molar-refractivity contribution is 6.30. The van der Waals surface area contributed by atoms with Crippen molar-refractivity contribution in [2.75, 3.05) is 57.8 Å². The van der Waals surface area contributed by atoms with Gasteiger partial charge in [-0.05, 0) is 38.1 Å². The molecule has 0 aliphatic carbocycles. The number of piperazine rings is 1. The molecule has 2 heterocycles. The number of benzene rings is 1. The summed E-state index contributed by atoms with van der Waals surface area (Å²) in [7, 11) is 1.40. The van der Waals surface area contributed by atoms with Crippen LogP contribution < -0.4 is 4.90 Å². The molecule has 3 rings (SSSR count). The largest absolute Gasteiger partial charge is 0.469 e. The number of ether oxygens (including phenoxy) is 1. The minimum atomic E-state index is -0.434. The van der Waals surface area contributed by atoms with Crippen molar-refractivity contribution in [2.45, 2.75) is 12.8 Å². The Hall–Kier alpha value is -2.39. The smallest absolute Gasteiger partial charge is 0.308 e. The number of carbonyl (C=O) groups is 2. The first-order chi connectivity index (χ1) is 13.9. The molecule has 0 N–H and O–H groups in total. The second kappa shape index (κ2) is 9.41. The Kier molecular flexibility index (Phi) is 6.92. The monoisotopic (exact) mass is 424 g/mol. The lowest BCUT2D eigenvalue weighted by Gasteiger charge is -2.37. The highest BCUT2D eigenvalue weighted by Crippen LogP contribution is 2.31. The number of esters is 1. The predicted octanol–water partition coefficient (Wildman–Crippen LogP) is 1.78. The number of rotatable bonds is 5. The summed E-state index contributed by atoms with van der Waals surface area (Å²) < 4.78 is 4.79. The zero-order valence-electron chi connectivity index (χ0n) is 16.4.